The van der Waals surface area contributed by atoms with Crippen LogP contribution in [0.4, 0.5) is 0 Å². The van der Waals surface area contributed by atoms with E-state index in [1.807, 2.05) is 0 Å². The molecule has 1 nitrogen and oxygen atoms in total. The summed E-state index contributed by atoms with van der Waals surface area (Å²) < 4.78 is 2.90. The van der Waals surface area contributed by atoms with Gasteiger partial charge in [0.1, 0.15) is 0 Å². The van der Waals surface area contributed by atoms with E-state index < -0.39 is 7.41 Å². The number of hydrogen-bond acceptors (Lipinski definition) is 1. The van der Waals surface area contributed by atoms with Crippen LogP contribution >= 0.6 is 24.1 Å². The molecule has 1 saturated heterocycles. The van der Waals surface area contributed by atoms with Crippen molar-refractivity contribution in [2.24, 2.45) is 0 Å². The SMILES string of the molecule is CCCCCCN1P(P)C[PH]1(c1ccccc1)c1ccccc1. The van der Waals surface area contributed by atoms with Gasteiger partial charge < -0.3 is 0 Å². The molecule has 0 spiro atoms. The predicted octanol–water partition coefficient (Wildman–Crippen LogP) is 5.34. The normalized spacial score (nSPS) is 21.6. The number of unbranched alkanes of at least 4 members (excludes halogenated alkanes) is 3. The molecule has 2 atom stereocenters. The summed E-state index contributed by atoms with van der Waals surface area (Å²) in [6, 6.07) is 22.6. The van der Waals surface area contributed by atoms with Gasteiger partial charge >= 0.3 is 145 Å². The summed E-state index contributed by atoms with van der Waals surface area (Å²) >= 11 is 0. The van der Waals surface area contributed by atoms with Crippen molar-refractivity contribution in [2.45, 2.75) is 32.6 Å². The minimum atomic E-state index is -1.71. The zero-order valence-corrected chi connectivity index (χ0v) is 17.0. The van der Waals surface area contributed by atoms with Crippen molar-refractivity contribution in [3.8, 4) is 0 Å². The molecule has 1 aliphatic rings. The van der Waals surface area contributed by atoms with E-state index in [0.29, 0.717) is 0 Å². The molecule has 0 radical (unpaired) electrons. The first-order valence-corrected chi connectivity index (χ1v) is 13.9. The summed E-state index contributed by atoms with van der Waals surface area (Å²) in [4.78, 5) is 0. The van der Waals surface area contributed by atoms with Gasteiger partial charge in [-0.05, 0) is 0 Å². The average molecular weight is 363 g/mol. The van der Waals surface area contributed by atoms with Crippen LogP contribution < -0.4 is 10.6 Å². The van der Waals surface area contributed by atoms with Crippen LogP contribution in [0.3, 0.4) is 0 Å². The zero-order chi connectivity index (χ0) is 16.1. The van der Waals surface area contributed by atoms with E-state index in [0.717, 1.165) is 0 Å². The van der Waals surface area contributed by atoms with Crippen LogP contribution in [0.5, 0.6) is 0 Å². The molecule has 23 heavy (non-hydrogen) atoms. The van der Waals surface area contributed by atoms with Crippen LogP contribution in [0.1, 0.15) is 32.6 Å². The Morgan fingerprint density at radius 1 is 0.913 bits per heavy atom. The van der Waals surface area contributed by atoms with E-state index in [1.165, 1.54) is 38.1 Å². The first-order valence-electron chi connectivity index (χ1n) is 8.70. The molecule has 1 fully saturated rings. The average Bonchev–Trinajstić information content (AvgIpc) is 2.60. The Morgan fingerprint density at radius 2 is 1.48 bits per heavy atom. The summed E-state index contributed by atoms with van der Waals surface area (Å²) in [6.45, 7) is 3.56. The molecule has 0 N–H and O–H groups in total. The quantitative estimate of drug-likeness (QED) is 0.474. The number of benzene rings is 2. The van der Waals surface area contributed by atoms with Crippen LogP contribution in [-0.2, 0) is 0 Å². The van der Waals surface area contributed by atoms with E-state index in [2.05, 4.69) is 81.0 Å². The summed E-state index contributed by atoms with van der Waals surface area (Å²) in [5.41, 5.74) is 0. The topological polar surface area (TPSA) is 3.24 Å². The Labute approximate surface area is 145 Å². The first kappa shape index (κ1) is 17.5. The molecule has 2 aromatic rings. The third-order valence-corrected chi connectivity index (χ3v) is 17.5. The van der Waals surface area contributed by atoms with E-state index in [1.54, 1.807) is 10.6 Å². The molecule has 0 aromatic heterocycles. The van der Waals surface area contributed by atoms with Gasteiger partial charge in [0.2, 0.25) is 0 Å². The minimum absolute atomic E-state index is 0.0254. The van der Waals surface area contributed by atoms with Crippen molar-refractivity contribution in [1.82, 2.24) is 4.44 Å². The van der Waals surface area contributed by atoms with Gasteiger partial charge in [-0.3, -0.25) is 0 Å². The molecular weight excluding hydrogens is 335 g/mol. The van der Waals surface area contributed by atoms with Gasteiger partial charge in [0.05, 0.1) is 0 Å². The summed E-state index contributed by atoms with van der Waals surface area (Å²) in [5, 5.41) is 3.17. The maximum absolute atomic E-state index is 3.15. The Hall–Kier alpha value is -0.310. The first-order chi connectivity index (χ1) is 11.3. The van der Waals surface area contributed by atoms with Crippen LogP contribution in [0, 0.1) is 0 Å². The Balaban J connectivity index is 1.90. The standard InChI is InChI=1S/C19H28NP3/c1-2-3-4-11-16-20-22(21)17-23(20,18-12-7-5-8-13-18)19-14-9-6-10-15-19/h5-10,12-15,23H,2-4,11,16-17,21H2,1H3. The molecule has 124 valence electrons. The fourth-order valence-corrected chi connectivity index (χ4v) is 18.0. The van der Waals surface area contributed by atoms with E-state index in [4.69, 9.17) is 0 Å². The Bertz CT molecular complexity index is 563. The molecular formula is C19H28NP3. The Kier molecular flexibility index (Phi) is 6.23. The van der Waals surface area contributed by atoms with Gasteiger partial charge in [-0.2, -0.15) is 0 Å². The van der Waals surface area contributed by atoms with E-state index >= 15 is 0 Å². The van der Waals surface area contributed by atoms with Gasteiger partial charge in [-0.1, -0.05) is 0 Å². The molecule has 0 saturated carbocycles. The second-order valence-corrected chi connectivity index (χ2v) is 14.6. The molecule has 2 aromatic carbocycles. The fraction of sp³-hybridized carbons (Fsp3) is 0.368. The summed E-state index contributed by atoms with van der Waals surface area (Å²) in [5.74, 6) is 1.38. The van der Waals surface area contributed by atoms with Crippen LogP contribution in [0.2, 0.25) is 0 Å². The summed E-state index contributed by atoms with van der Waals surface area (Å²) in [7, 11) is 1.42. The zero-order valence-electron chi connectivity index (χ0n) is 14.0. The molecule has 0 amide bonds. The molecule has 2 unspecified atom stereocenters. The van der Waals surface area contributed by atoms with E-state index in [-0.39, 0.29) is 7.76 Å². The third-order valence-electron chi connectivity index (χ3n) is 4.87. The van der Waals surface area contributed by atoms with E-state index in [9.17, 15) is 0 Å². The predicted molar refractivity (Wildman–Crippen MR) is 113 cm³/mol. The number of nitrogens with zero attached hydrogens (tertiary/aromatic N) is 1. The Morgan fingerprint density at radius 3 is 1.96 bits per heavy atom. The van der Waals surface area contributed by atoms with Crippen LogP contribution in [-0.4, -0.2) is 16.9 Å². The third kappa shape index (κ3) is 3.55. The maximum atomic E-state index is 3.15. The monoisotopic (exact) mass is 363 g/mol. The number of hydrogen-bond donors (Lipinski definition) is 0. The molecule has 1 heterocycles. The molecule has 0 aliphatic carbocycles. The van der Waals surface area contributed by atoms with Gasteiger partial charge in [0, 0.05) is 0 Å². The second kappa shape index (κ2) is 8.18. The van der Waals surface area contributed by atoms with Gasteiger partial charge in [0.25, 0.3) is 0 Å². The van der Waals surface area contributed by atoms with Crippen molar-refractivity contribution in [3.63, 3.8) is 0 Å². The van der Waals surface area contributed by atoms with Crippen molar-refractivity contribution in [1.29, 1.82) is 0 Å². The van der Waals surface area contributed by atoms with Crippen molar-refractivity contribution >= 4 is 34.7 Å². The molecule has 1 aliphatic heterocycles. The van der Waals surface area contributed by atoms with Crippen LogP contribution in [0.25, 0.3) is 0 Å². The van der Waals surface area contributed by atoms with Gasteiger partial charge in [-0.15, -0.1) is 0 Å². The van der Waals surface area contributed by atoms with Gasteiger partial charge in [-0.25, -0.2) is 0 Å². The fourth-order valence-electron chi connectivity index (χ4n) is 3.63. The molecule has 3 rings (SSSR count). The number of rotatable bonds is 7. The van der Waals surface area contributed by atoms with Crippen molar-refractivity contribution < 1.29 is 0 Å². The molecule has 0 bridgehead atoms. The van der Waals surface area contributed by atoms with Crippen LogP contribution in [0.15, 0.2) is 60.7 Å². The molecule has 4 heteroatoms. The summed E-state index contributed by atoms with van der Waals surface area (Å²) in [6.07, 6.45) is 5.40. The second-order valence-electron chi connectivity index (χ2n) is 6.37. The van der Waals surface area contributed by atoms with Gasteiger partial charge in [0.15, 0.2) is 0 Å². The van der Waals surface area contributed by atoms with Crippen molar-refractivity contribution in [2.75, 3.05) is 12.4 Å². The van der Waals surface area contributed by atoms with Crippen molar-refractivity contribution in [3.05, 3.63) is 60.7 Å².